The van der Waals surface area contributed by atoms with Crippen molar-refractivity contribution < 1.29 is 13.5 Å². The van der Waals surface area contributed by atoms with E-state index in [1.807, 2.05) is 18.2 Å². The molecular formula is C13H16BrF2NO. The molecule has 100 valence electrons. The Labute approximate surface area is 114 Å². The number of nitrogens with one attached hydrogen (secondary N) is 1. The summed E-state index contributed by atoms with van der Waals surface area (Å²) in [5.74, 6) is -1.72. The van der Waals surface area contributed by atoms with Crippen molar-refractivity contribution in [1.82, 2.24) is 0 Å². The number of alkyl halides is 2. The van der Waals surface area contributed by atoms with E-state index in [9.17, 15) is 8.78 Å². The second-order valence-corrected chi connectivity index (χ2v) is 5.61. The smallest absolute Gasteiger partial charge is 0.248 e. The first-order chi connectivity index (χ1) is 8.50. The van der Waals surface area contributed by atoms with Crippen molar-refractivity contribution in [2.24, 2.45) is 5.92 Å². The standard InChI is InChI=1S/C13H16BrF2NO/c1-18-12-3-2-10(14)6-11(12)17-8-9-4-5-13(15,16)7-9/h2-3,6,9,17H,4-5,7-8H2,1H3. The Hall–Kier alpha value is -0.840. The van der Waals surface area contributed by atoms with E-state index in [2.05, 4.69) is 21.2 Å². The van der Waals surface area contributed by atoms with E-state index >= 15 is 0 Å². The van der Waals surface area contributed by atoms with E-state index in [1.165, 1.54) is 0 Å². The lowest BCUT2D eigenvalue weighted by atomic mass is 10.1. The Morgan fingerprint density at radius 2 is 2.28 bits per heavy atom. The summed E-state index contributed by atoms with van der Waals surface area (Å²) >= 11 is 3.38. The first kappa shape index (κ1) is 13.6. The van der Waals surface area contributed by atoms with Gasteiger partial charge in [-0.1, -0.05) is 15.9 Å². The van der Waals surface area contributed by atoms with Crippen LogP contribution in [0.5, 0.6) is 5.75 Å². The fourth-order valence-electron chi connectivity index (χ4n) is 2.29. The predicted molar refractivity (Wildman–Crippen MR) is 71.5 cm³/mol. The van der Waals surface area contributed by atoms with E-state index in [0.717, 1.165) is 15.9 Å². The Balaban J connectivity index is 1.96. The minimum atomic E-state index is -2.48. The summed E-state index contributed by atoms with van der Waals surface area (Å²) < 4.78 is 32.3. The highest BCUT2D eigenvalue weighted by Crippen LogP contribution is 2.39. The molecule has 0 amide bonds. The van der Waals surface area contributed by atoms with Gasteiger partial charge in [-0.3, -0.25) is 0 Å². The third-order valence-electron chi connectivity index (χ3n) is 3.25. The minimum Gasteiger partial charge on any atom is -0.495 e. The first-order valence-electron chi connectivity index (χ1n) is 5.95. The van der Waals surface area contributed by atoms with Crippen molar-refractivity contribution >= 4 is 21.6 Å². The van der Waals surface area contributed by atoms with E-state index in [1.54, 1.807) is 7.11 Å². The molecule has 0 aliphatic heterocycles. The van der Waals surface area contributed by atoms with Crippen LogP contribution in [0.15, 0.2) is 22.7 Å². The molecule has 0 aromatic heterocycles. The van der Waals surface area contributed by atoms with E-state index in [4.69, 9.17) is 4.74 Å². The van der Waals surface area contributed by atoms with Gasteiger partial charge in [-0.05, 0) is 30.5 Å². The number of methoxy groups -OCH3 is 1. The van der Waals surface area contributed by atoms with Crippen LogP contribution in [-0.2, 0) is 0 Å². The van der Waals surface area contributed by atoms with Crippen LogP contribution in [0.4, 0.5) is 14.5 Å². The van der Waals surface area contributed by atoms with Crippen LogP contribution in [-0.4, -0.2) is 19.6 Å². The highest BCUT2D eigenvalue weighted by molar-refractivity contribution is 9.10. The lowest BCUT2D eigenvalue weighted by molar-refractivity contribution is 0.00556. The van der Waals surface area contributed by atoms with Gasteiger partial charge in [0, 0.05) is 23.9 Å². The van der Waals surface area contributed by atoms with Gasteiger partial charge < -0.3 is 10.1 Å². The number of ether oxygens (including phenoxy) is 1. The van der Waals surface area contributed by atoms with Gasteiger partial charge in [-0.15, -0.1) is 0 Å². The van der Waals surface area contributed by atoms with Gasteiger partial charge >= 0.3 is 0 Å². The molecule has 2 rings (SSSR count). The zero-order valence-corrected chi connectivity index (χ0v) is 11.8. The van der Waals surface area contributed by atoms with Crippen molar-refractivity contribution in [3.63, 3.8) is 0 Å². The molecule has 1 aliphatic carbocycles. The summed E-state index contributed by atoms with van der Waals surface area (Å²) in [7, 11) is 1.60. The van der Waals surface area contributed by atoms with Gasteiger partial charge in [0.1, 0.15) is 5.75 Å². The van der Waals surface area contributed by atoms with Crippen LogP contribution >= 0.6 is 15.9 Å². The number of anilines is 1. The Morgan fingerprint density at radius 1 is 1.50 bits per heavy atom. The largest absolute Gasteiger partial charge is 0.495 e. The molecule has 1 aromatic carbocycles. The Bertz CT molecular complexity index is 425. The van der Waals surface area contributed by atoms with Gasteiger partial charge in [0.15, 0.2) is 0 Å². The van der Waals surface area contributed by atoms with Crippen molar-refractivity contribution in [1.29, 1.82) is 0 Å². The highest BCUT2D eigenvalue weighted by atomic mass is 79.9. The maximum Gasteiger partial charge on any atom is 0.248 e. The molecule has 1 aromatic rings. The quantitative estimate of drug-likeness (QED) is 0.893. The number of rotatable bonds is 4. The average molecular weight is 320 g/mol. The summed E-state index contributed by atoms with van der Waals surface area (Å²) in [6.45, 7) is 0.558. The van der Waals surface area contributed by atoms with Crippen LogP contribution in [0.25, 0.3) is 0 Å². The third-order valence-corrected chi connectivity index (χ3v) is 3.74. The minimum absolute atomic E-state index is 0.00889. The monoisotopic (exact) mass is 319 g/mol. The SMILES string of the molecule is COc1ccc(Br)cc1NCC1CCC(F)(F)C1. The Morgan fingerprint density at radius 3 is 2.89 bits per heavy atom. The maximum atomic E-state index is 13.1. The Kier molecular flexibility index (Phi) is 4.10. The molecule has 0 spiro atoms. The average Bonchev–Trinajstić information content (AvgIpc) is 2.66. The van der Waals surface area contributed by atoms with Crippen molar-refractivity contribution in [2.45, 2.75) is 25.2 Å². The van der Waals surface area contributed by atoms with E-state index in [-0.39, 0.29) is 18.8 Å². The van der Waals surface area contributed by atoms with Crippen LogP contribution in [0, 0.1) is 5.92 Å². The van der Waals surface area contributed by atoms with Gasteiger partial charge in [-0.2, -0.15) is 0 Å². The molecule has 1 unspecified atom stereocenters. The number of halogens is 3. The second-order valence-electron chi connectivity index (χ2n) is 4.69. The fourth-order valence-corrected chi connectivity index (χ4v) is 2.65. The molecule has 0 heterocycles. The van der Waals surface area contributed by atoms with Crippen molar-refractivity contribution in [2.75, 3.05) is 19.0 Å². The normalized spacial score (nSPS) is 21.9. The lowest BCUT2D eigenvalue weighted by Gasteiger charge is -2.15. The van der Waals surface area contributed by atoms with Gasteiger partial charge in [0.25, 0.3) is 0 Å². The molecule has 1 N–H and O–H groups in total. The topological polar surface area (TPSA) is 21.3 Å². The van der Waals surface area contributed by atoms with Crippen LogP contribution in [0.3, 0.4) is 0 Å². The number of hydrogen-bond donors (Lipinski definition) is 1. The summed E-state index contributed by atoms with van der Waals surface area (Å²) in [5.41, 5.74) is 0.835. The maximum absolute atomic E-state index is 13.1. The van der Waals surface area contributed by atoms with Gasteiger partial charge in [-0.25, -0.2) is 8.78 Å². The molecule has 5 heteroatoms. The zero-order chi connectivity index (χ0) is 13.2. The van der Waals surface area contributed by atoms with Crippen LogP contribution in [0.1, 0.15) is 19.3 Å². The molecule has 1 fully saturated rings. The lowest BCUT2D eigenvalue weighted by Crippen LogP contribution is -2.15. The fraction of sp³-hybridized carbons (Fsp3) is 0.538. The molecule has 0 bridgehead atoms. The molecule has 1 aliphatic rings. The summed E-state index contributed by atoms with van der Waals surface area (Å²) in [6.07, 6.45) is 0.571. The first-order valence-corrected chi connectivity index (χ1v) is 6.75. The molecule has 1 saturated carbocycles. The third kappa shape index (κ3) is 3.34. The van der Waals surface area contributed by atoms with Crippen molar-refractivity contribution in [3.8, 4) is 5.75 Å². The van der Waals surface area contributed by atoms with Crippen molar-refractivity contribution in [3.05, 3.63) is 22.7 Å². The molecular weight excluding hydrogens is 304 g/mol. The molecule has 18 heavy (non-hydrogen) atoms. The van der Waals surface area contributed by atoms with Gasteiger partial charge in [0.05, 0.1) is 12.8 Å². The zero-order valence-electron chi connectivity index (χ0n) is 10.2. The van der Waals surface area contributed by atoms with E-state index < -0.39 is 5.92 Å². The van der Waals surface area contributed by atoms with Crippen LogP contribution in [0.2, 0.25) is 0 Å². The van der Waals surface area contributed by atoms with E-state index in [0.29, 0.717) is 13.0 Å². The predicted octanol–water partition coefficient (Wildman–Crippen LogP) is 4.31. The summed E-state index contributed by atoms with van der Waals surface area (Å²) in [6, 6.07) is 5.62. The molecule has 0 radical (unpaired) electrons. The molecule has 1 atom stereocenters. The summed E-state index contributed by atoms with van der Waals surface area (Å²) in [4.78, 5) is 0. The molecule has 2 nitrogen and oxygen atoms in total. The number of hydrogen-bond acceptors (Lipinski definition) is 2. The second kappa shape index (κ2) is 5.43. The van der Waals surface area contributed by atoms with Crippen LogP contribution < -0.4 is 10.1 Å². The summed E-state index contributed by atoms with van der Waals surface area (Å²) in [5, 5.41) is 3.20. The molecule has 0 saturated heterocycles. The number of benzene rings is 1. The van der Waals surface area contributed by atoms with Gasteiger partial charge in [0.2, 0.25) is 5.92 Å². The highest BCUT2D eigenvalue weighted by Gasteiger charge is 2.39.